The van der Waals surface area contributed by atoms with Crippen LogP contribution in [0.1, 0.15) is 31.7 Å². The maximum Gasteiger partial charge on any atom is 0.238 e. The Balaban J connectivity index is 1.82. The highest BCUT2D eigenvalue weighted by molar-refractivity contribution is 7.92. The van der Waals surface area contributed by atoms with E-state index in [1.165, 1.54) is 0 Å². The summed E-state index contributed by atoms with van der Waals surface area (Å²) in [5.41, 5.74) is 7.00. The lowest BCUT2D eigenvalue weighted by atomic mass is 9.99. The molecular formula is C17H26N2O3S. The monoisotopic (exact) mass is 338 g/mol. The van der Waals surface area contributed by atoms with Crippen LogP contribution in [0.3, 0.4) is 0 Å². The van der Waals surface area contributed by atoms with E-state index in [0.29, 0.717) is 19.4 Å². The van der Waals surface area contributed by atoms with Crippen molar-refractivity contribution in [2.45, 2.75) is 44.7 Å². The first-order valence-electron chi connectivity index (χ1n) is 8.17. The van der Waals surface area contributed by atoms with Crippen molar-refractivity contribution in [2.24, 2.45) is 5.73 Å². The summed E-state index contributed by atoms with van der Waals surface area (Å²) in [6.45, 7) is 2.49. The van der Waals surface area contributed by atoms with E-state index in [1.54, 1.807) is 4.90 Å². The number of aryl methyl sites for hydroxylation is 1. The minimum Gasteiger partial charge on any atom is -0.339 e. The number of sulfone groups is 1. The van der Waals surface area contributed by atoms with Crippen LogP contribution in [-0.4, -0.2) is 49.4 Å². The number of nitrogens with two attached hydrogens (primary N) is 1. The highest BCUT2D eigenvalue weighted by Crippen LogP contribution is 2.16. The molecule has 2 rings (SSSR count). The van der Waals surface area contributed by atoms with Gasteiger partial charge in [0.1, 0.15) is 5.75 Å². The maximum atomic E-state index is 12.3. The Hall–Kier alpha value is -1.40. The van der Waals surface area contributed by atoms with Gasteiger partial charge in [-0.1, -0.05) is 30.3 Å². The summed E-state index contributed by atoms with van der Waals surface area (Å²) in [6, 6.07) is 9.91. The standard InChI is InChI=1S/C17H26N2O3S/c1-14-12-16(18)9-10-19(14)17(20)13-23(21,22)11-5-8-15-6-3-2-4-7-15/h2-4,6-7,14,16H,5,8-13,18H2,1H3/t14-,16-/m1/s1. The van der Waals surface area contributed by atoms with Gasteiger partial charge in [-0.15, -0.1) is 0 Å². The zero-order valence-corrected chi connectivity index (χ0v) is 14.5. The van der Waals surface area contributed by atoms with Gasteiger partial charge in [-0.05, 0) is 38.2 Å². The summed E-state index contributed by atoms with van der Waals surface area (Å²) in [6.07, 6.45) is 2.73. The maximum absolute atomic E-state index is 12.3. The molecule has 2 N–H and O–H groups in total. The van der Waals surface area contributed by atoms with Crippen LogP contribution in [0.4, 0.5) is 0 Å². The zero-order chi connectivity index (χ0) is 16.9. The molecule has 23 heavy (non-hydrogen) atoms. The molecule has 0 unspecified atom stereocenters. The molecule has 0 aliphatic carbocycles. The molecule has 0 spiro atoms. The lowest BCUT2D eigenvalue weighted by molar-refractivity contribution is -0.131. The van der Waals surface area contributed by atoms with E-state index in [9.17, 15) is 13.2 Å². The van der Waals surface area contributed by atoms with Crippen LogP contribution in [0.5, 0.6) is 0 Å². The van der Waals surface area contributed by atoms with E-state index >= 15 is 0 Å². The van der Waals surface area contributed by atoms with Crippen molar-refractivity contribution in [1.82, 2.24) is 4.90 Å². The molecule has 5 nitrogen and oxygen atoms in total. The highest BCUT2D eigenvalue weighted by Gasteiger charge is 2.29. The number of rotatable bonds is 6. The Bertz CT molecular complexity index is 616. The number of carbonyl (C=O) groups is 1. The Kier molecular flexibility index (Phi) is 6.18. The van der Waals surface area contributed by atoms with Crippen molar-refractivity contribution >= 4 is 15.7 Å². The molecule has 0 bridgehead atoms. The summed E-state index contributed by atoms with van der Waals surface area (Å²) in [5.74, 6) is -0.624. The molecule has 0 saturated carbocycles. The zero-order valence-electron chi connectivity index (χ0n) is 13.6. The first-order valence-corrected chi connectivity index (χ1v) is 9.99. The Labute approximate surface area is 138 Å². The third-order valence-electron chi connectivity index (χ3n) is 4.34. The van der Waals surface area contributed by atoms with Crippen LogP contribution in [-0.2, 0) is 21.1 Å². The third-order valence-corrected chi connectivity index (χ3v) is 5.94. The van der Waals surface area contributed by atoms with Crippen LogP contribution in [0.2, 0.25) is 0 Å². The predicted octanol–water partition coefficient (Wildman–Crippen LogP) is 1.37. The number of likely N-dealkylation sites (tertiary alicyclic amines) is 1. The smallest absolute Gasteiger partial charge is 0.238 e. The number of amides is 1. The summed E-state index contributed by atoms with van der Waals surface area (Å²) < 4.78 is 24.3. The van der Waals surface area contributed by atoms with Gasteiger partial charge in [0.05, 0.1) is 5.75 Å². The Morgan fingerprint density at radius 3 is 2.65 bits per heavy atom. The number of carbonyl (C=O) groups excluding carboxylic acids is 1. The predicted molar refractivity (Wildman–Crippen MR) is 91.8 cm³/mol. The topological polar surface area (TPSA) is 80.5 Å². The summed E-state index contributed by atoms with van der Waals surface area (Å²) in [4.78, 5) is 13.9. The molecule has 1 heterocycles. The van der Waals surface area contributed by atoms with Crippen LogP contribution in [0, 0.1) is 0 Å². The van der Waals surface area contributed by atoms with Crippen molar-refractivity contribution in [3.8, 4) is 0 Å². The first kappa shape index (κ1) is 17.9. The normalized spacial score (nSPS) is 22.1. The van der Waals surface area contributed by atoms with Crippen LogP contribution < -0.4 is 5.73 Å². The summed E-state index contributed by atoms with van der Waals surface area (Å²) in [7, 11) is -3.36. The average Bonchev–Trinajstić information content (AvgIpc) is 2.47. The number of benzene rings is 1. The molecule has 1 aliphatic heterocycles. The molecule has 0 radical (unpaired) electrons. The fraction of sp³-hybridized carbons (Fsp3) is 0.588. The lowest BCUT2D eigenvalue weighted by Gasteiger charge is -2.36. The minimum atomic E-state index is -3.36. The number of piperidine rings is 1. The lowest BCUT2D eigenvalue weighted by Crippen LogP contribution is -2.50. The van der Waals surface area contributed by atoms with Gasteiger partial charge in [0.15, 0.2) is 9.84 Å². The van der Waals surface area contributed by atoms with Crippen LogP contribution in [0.15, 0.2) is 30.3 Å². The molecule has 0 aromatic heterocycles. The van der Waals surface area contributed by atoms with Gasteiger partial charge < -0.3 is 10.6 Å². The van der Waals surface area contributed by atoms with E-state index in [0.717, 1.165) is 18.4 Å². The molecule has 1 aromatic rings. The molecular weight excluding hydrogens is 312 g/mol. The quantitative estimate of drug-likeness (QED) is 0.849. The van der Waals surface area contributed by atoms with Gasteiger partial charge >= 0.3 is 0 Å². The van der Waals surface area contributed by atoms with Crippen molar-refractivity contribution in [1.29, 1.82) is 0 Å². The van der Waals surface area contributed by atoms with Crippen molar-refractivity contribution < 1.29 is 13.2 Å². The van der Waals surface area contributed by atoms with Gasteiger partial charge in [0.2, 0.25) is 5.91 Å². The fourth-order valence-electron chi connectivity index (χ4n) is 3.06. The second kappa shape index (κ2) is 7.93. The molecule has 2 atom stereocenters. The average molecular weight is 338 g/mol. The van der Waals surface area contributed by atoms with Gasteiger partial charge in [0.25, 0.3) is 0 Å². The van der Waals surface area contributed by atoms with Crippen molar-refractivity contribution in [3.05, 3.63) is 35.9 Å². The first-order chi connectivity index (χ1) is 10.9. The van der Waals surface area contributed by atoms with Gasteiger partial charge in [-0.25, -0.2) is 8.42 Å². The summed E-state index contributed by atoms with van der Waals surface area (Å²) >= 11 is 0. The number of hydrogen-bond donors (Lipinski definition) is 1. The summed E-state index contributed by atoms with van der Waals surface area (Å²) in [5, 5.41) is 0. The molecule has 128 valence electrons. The van der Waals surface area contributed by atoms with E-state index in [4.69, 9.17) is 5.73 Å². The van der Waals surface area contributed by atoms with Gasteiger partial charge in [-0.3, -0.25) is 4.79 Å². The molecule has 1 aliphatic rings. The second-order valence-corrected chi connectivity index (χ2v) is 8.59. The highest BCUT2D eigenvalue weighted by atomic mass is 32.2. The number of nitrogens with zero attached hydrogens (tertiary/aromatic N) is 1. The van der Waals surface area contributed by atoms with E-state index in [-0.39, 0.29) is 29.5 Å². The van der Waals surface area contributed by atoms with Gasteiger partial charge in [0, 0.05) is 18.6 Å². The molecule has 1 fully saturated rings. The van der Waals surface area contributed by atoms with Crippen LogP contribution in [0.25, 0.3) is 0 Å². The minimum absolute atomic E-state index is 0.0192. The molecule has 1 aromatic carbocycles. The number of hydrogen-bond acceptors (Lipinski definition) is 4. The SMILES string of the molecule is C[C@@H]1C[C@H](N)CCN1C(=O)CS(=O)(=O)CCCc1ccccc1. The second-order valence-electron chi connectivity index (χ2n) is 6.40. The Morgan fingerprint density at radius 1 is 1.30 bits per heavy atom. The van der Waals surface area contributed by atoms with Crippen molar-refractivity contribution in [3.63, 3.8) is 0 Å². The van der Waals surface area contributed by atoms with Crippen LogP contribution >= 0.6 is 0 Å². The van der Waals surface area contributed by atoms with E-state index < -0.39 is 9.84 Å². The Morgan fingerprint density at radius 2 is 2.00 bits per heavy atom. The fourth-order valence-corrected chi connectivity index (χ4v) is 4.33. The van der Waals surface area contributed by atoms with E-state index in [2.05, 4.69) is 0 Å². The van der Waals surface area contributed by atoms with Gasteiger partial charge in [-0.2, -0.15) is 0 Å². The molecule has 1 amide bonds. The van der Waals surface area contributed by atoms with Crippen molar-refractivity contribution in [2.75, 3.05) is 18.1 Å². The largest absolute Gasteiger partial charge is 0.339 e. The molecule has 1 saturated heterocycles. The molecule has 6 heteroatoms. The third kappa shape index (κ3) is 5.62. The van der Waals surface area contributed by atoms with E-state index in [1.807, 2.05) is 37.3 Å².